The number of benzene rings is 1. The highest BCUT2D eigenvalue weighted by Crippen LogP contribution is 2.24. The molecule has 1 rings (SSSR count). The number of alkyl halides is 1. The molecule has 14 heavy (non-hydrogen) atoms. The number of nitrogens with one attached hydrogen (secondary N) is 1. The monoisotopic (exact) mass is 233 g/mol. The molecule has 2 N–H and O–H groups in total. The largest absolute Gasteiger partial charge is 0.390 e. The van der Waals surface area contributed by atoms with Crippen molar-refractivity contribution in [1.82, 2.24) is 0 Å². The number of aliphatic hydroxyl groups is 1. The first kappa shape index (κ1) is 11.6. The van der Waals surface area contributed by atoms with Crippen molar-refractivity contribution in [2.75, 3.05) is 17.7 Å². The van der Waals surface area contributed by atoms with Crippen LogP contribution in [-0.4, -0.2) is 23.6 Å². The molecule has 0 spiro atoms. The maximum Gasteiger partial charge on any atom is 0.0847 e. The minimum absolute atomic E-state index is 0.219. The molecule has 0 aliphatic rings. The van der Waals surface area contributed by atoms with Crippen molar-refractivity contribution in [2.24, 2.45) is 0 Å². The number of para-hydroxylation sites is 1. The van der Waals surface area contributed by atoms with E-state index in [1.165, 1.54) is 0 Å². The molecule has 0 heterocycles. The summed E-state index contributed by atoms with van der Waals surface area (Å²) in [6, 6.07) is 5.66. The summed E-state index contributed by atoms with van der Waals surface area (Å²) in [7, 11) is 0. The van der Waals surface area contributed by atoms with Crippen LogP contribution in [0.15, 0.2) is 18.2 Å². The SMILES string of the molecule is Cc1cccc(Cl)c1NCC(O)CCl. The number of anilines is 1. The molecule has 0 saturated carbocycles. The molecule has 0 aromatic heterocycles. The van der Waals surface area contributed by atoms with Crippen LogP contribution in [0, 0.1) is 6.92 Å². The molecule has 0 radical (unpaired) electrons. The molecule has 1 aromatic rings. The Bertz CT molecular complexity index is 284. The molecule has 1 unspecified atom stereocenters. The van der Waals surface area contributed by atoms with E-state index in [0.717, 1.165) is 11.3 Å². The van der Waals surface area contributed by atoms with Crippen molar-refractivity contribution in [2.45, 2.75) is 13.0 Å². The maximum absolute atomic E-state index is 9.26. The third-order valence-electron chi connectivity index (χ3n) is 1.91. The zero-order chi connectivity index (χ0) is 10.6. The van der Waals surface area contributed by atoms with Gasteiger partial charge in [0.15, 0.2) is 0 Å². The number of hydrogen-bond acceptors (Lipinski definition) is 2. The summed E-state index contributed by atoms with van der Waals surface area (Å²) in [5, 5.41) is 13.0. The van der Waals surface area contributed by atoms with Crippen LogP contribution >= 0.6 is 23.2 Å². The minimum atomic E-state index is -0.549. The topological polar surface area (TPSA) is 32.3 Å². The van der Waals surface area contributed by atoms with E-state index in [1.54, 1.807) is 0 Å². The molecule has 0 fully saturated rings. The number of rotatable bonds is 4. The van der Waals surface area contributed by atoms with Gasteiger partial charge in [-0.3, -0.25) is 0 Å². The second-order valence-corrected chi connectivity index (χ2v) is 3.84. The first-order valence-corrected chi connectivity index (χ1v) is 5.29. The fourth-order valence-electron chi connectivity index (χ4n) is 1.13. The number of aryl methyl sites for hydroxylation is 1. The average molecular weight is 234 g/mol. The Hall–Kier alpha value is -0.440. The summed E-state index contributed by atoms with van der Waals surface area (Å²) in [5.41, 5.74) is 1.91. The van der Waals surface area contributed by atoms with E-state index in [0.29, 0.717) is 11.6 Å². The highest BCUT2D eigenvalue weighted by atomic mass is 35.5. The molecule has 0 aliphatic heterocycles. The van der Waals surface area contributed by atoms with Crippen LogP contribution in [0.2, 0.25) is 5.02 Å². The van der Waals surface area contributed by atoms with Gasteiger partial charge in [0, 0.05) is 6.54 Å². The Morgan fingerprint density at radius 1 is 1.50 bits per heavy atom. The molecular weight excluding hydrogens is 221 g/mol. The summed E-state index contributed by atoms with van der Waals surface area (Å²) in [4.78, 5) is 0. The third-order valence-corrected chi connectivity index (χ3v) is 2.59. The molecule has 1 aromatic carbocycles. The molecule has 0 aliphatic carbocycles. The highest BCUT2D eigenvalue weighted by Gasteiger charge is 2.05. The summed E-state index contributed by atoms with van der Waals surface area (Å²) < 4.78 is 0. The van der Waals surface area contributed by atoms with Crippen molar-refractivity contribution in [1.29, 1.82) is 0 Å². The van der Waals surface area contributed by atoms with Gasteiger partial charge in [0.2, 0.25) is 0 Å². The number of hydrogen-bond donors (Lipinski definition) is 2. The second kappa shape index (κ2) is 5.44. The van der Waals surface area contributed by atoms with Crippen LogP contribution in [0.1, 0.15) is 5.56 Å². The normalized spacial score (nSPS) is 12.6. The van der Waals surface area contributed by atoms with Crippen LogP contribution in [0.4, 0.5) is 5.69 Å². The number of halogens is 2. The van der Waals surface area contributed by atoms with Gasteiger partial charge in [0.1, 0.15) is 0 Å². The van der Waals surface area contributed by atoms with Crippen molar-refractivity contribution < 1.29 is 5.11 Å². The van der Waals surface area contributed by atoms with Gasteiger partial charge in [0.05, 0.1) is 22.7 Å². The lowest BCUT2D eigenvalue weighted by Gasteiger charge is -2.13. The van der Waals surface area contributed by atoms with Gasteiger partial charge in [-0.2, -0.15) is 0 Å². The van der Waals surface area contributed by atoms with Crippen molar-refractivity contribution in [3.8, 4) is 0 Å². The zero-order valence-corrected chi connectivity index (χ0v) is 9.44. The zero-order valence-electron chi connectivity index (χ0n) is 7.93. The van der Waals surface area contributed by atoms with Gasteiger partial charge >= 0.3 is 0 Å². The van der Waals surface area contributed by atoms with E-state index in [-0.39, 0.29) is 5.88 Å². The quantitative estimate of drug-likeness (QED) is 0.785. The van der Waals surface area contributed by atoms with Crippen molar-refractivity contribution in [3.05, 3.63) is 28.8 Å². The molecule has 1 atom stereocenters. The predicted octanol–water partition coefficient (Wildman–Crippen LogP) is 2.66. The standard InChI is InChI=1S/C10H13Cl2NO/c1-7-3-2-4-9(12)10(7)13-6-8(14)5-11/h2-4,8,13-14H,5-6H2,1H3. The van der Waals surface area contributed by atoms with E-state index in [2.05, 4.69) is 5.32 Å². The van der Waals surface area contributed by atoms with E-state index in [4.69, 9.17) is 23.2 Å². The Labute approximate surface area is 93.8 Å². The molecule has 0 bridgehead atoms. The summed E-state index contributed by atoms with van der Waals surface area (Å²) in [6.07, 6.45) is -0.549. The highest BCUT2D eigenvalue weighted by molar-refractivity contribution is 6.33. The van der Waals surface area contributed by atoms with E-state index >= 15 is 0 Å². The van der Waals surface area contributed by atoms with Gasteiger partial charge in [0.25, 0.3) is 0 Å². The summed E-state index contributed by atoms with van der Waals surface area (Å²) in [6.45, 7) is 2.37. The lowest BCUT2D eigenvalue weighted by molar-refractivity contribution is 0.211. The second-order valence-electron chi connectivity index (χ2n) is 3.12. The molecule has 2 nitrogen and oxygen atoms in total. The third kappa shape index (κ3) is 3.05. The van der Waals surface area contributed by atoms with Crippen LogP contribution in [0.3, 0.4) is 0 Å². The first-order valence-electron chi connectivity index (χ1n) is 4.38. The molecular formula is C10H13Cl2NO. The van der Waals surface area contributed by atoms with Crippen molar-refractivity contribution in [3.63, 3.8) is 0 Å². The molecule has 78 valence electrons. The lowest BCUT2D eigenvalue weighted by Crippen LogP contribution is -2.21. The molecule has 0 saturated heterocycles. The smallest absolute Gasteiger partial charge is 0.0847 e. The predicted molar refractivity (Wildman–Crippen MR) is 61.4 cm³/mol. The lowest BCUT2D eigenvalue weighted by atomic mass is 10.2. The van der Waals surface area contributed by atoms with E-state index in [9.17, 15) is 5.11 Å². The van der Waals surface area contributed by atoms with E-state index < -0.39 is 6.10 Å². The Morgan fingerprint density at radius 3 is 2.79 bits per heavy atom. The molecule has 4 heteroatoms. The maximum atomic E-state index is 9.26. The van der Waals surface area contributed by atoms with Gasteiger partial charge in [-0.1, -0.05) is 23.7 Å². The van der Waals surface area contributed by atoms with Gasteiger partial charge < -0.3 is 10.4 Å². The van der Waals surface area contributed by atoms with Gasteiger partial charge in [-0.05, 0) is 18.6 Å². The van der Waals surface area contributed by atoms with E-state index in [1.807, 2.05) is 25.1 Å². The average Bonchev–Trinajstić information content (AvgIpc) is 2.16. The Kier molecular flexibility index (Phi) is 4.52. The Morgan fingerprint density at radius 2 is 2.21 bits per heavy atom. The van der Waals surface area contributed by atoms with Crippen molar-refractivity contribution >= 4 is 28.9 Å². The van der Waals surface area contributed by atoms with Gasteiger partial charge in [-0.25, -0.2) is 0 Å². The fraction of sp³-hybridized carbons (Fsp3) is 0.400. The van der Waals surface area contributed by atoms with Crippen LogP contribution in [-0.2, 0) is 0 Å². The van der Waals surface area contributed by atoms with Crippen LogP contribution in [0.25, 0.3) is 0 Å². The fourth-order valence-corrected chi connectivity index (χ4v) is 1.53. The number of aliphatic hydroxyl groups excluding tert-OH is 1. The van der Waals surface area contributed by atoms with Crippen LogP contribution < -0.4 is 5.32 Å². The minimum Gasteiger partial charge on any atom is -0.390 e. The summed E-state index contributed by atoms with van der Waals surface area (Å²) >= 11 is 11.5. The first-order chi connectivity index (χ1) is 6.65. The van der Waals surface area contributed by atoms with Gasteiger partial charge in [-0.15, -0.1) is 11.6 Å². The van der Waals surface area contributed by atoms with Crippen LogP contribution in [0.5, 0.6) is 0 Å². The summed E-state index contributed by atoms with van der Waals surface area (Å²) in [5.74, 6) is 0.219. The Balaban J connectivity index is 2.66. The molecule has 0 amide bonds.